The molecule has 0 saturated carbocycles. The van der Waals surface area contributed by atoms with Crippen LogP contribution >= 0.6 is 0 Å². The van der Waals surface area contributed by atoms with Crippen molar-refractivity contribution < 1.29 is 4.21 Å². The molecule has 0 amide bonds. The Morgan fingerprint density at radius 1 is 1.09 bits per heavy atom. The van der Waals surface area contributed by atoms with Gasteiger partial charge in [-0.1, -0.05) is 27.7 Å². The average molecular weight is 177 g/mol. The van der Waals surface area contributed by atoms with Crippen molar-refractivity contribution in [2.75, 3.05) is 6.54 Å². The van der Waals surface area contributed by atoms with Gasteiger partial charge >= 0.3 is 0 Å². The minimum atomic E-state index is 0.699. The normalized spacial score (nSPS) is 10.2. The SMILES string of the molecule is CC(C)C(CN)C(C)C.O=S. The molecule has 0 aromatic rings. The second-order valence-corrected chi connectivity index (χ2v) is 3.39. The smallest absolute Gasteiger partial charge is 0.197 e. The fourth-order valence-electron chi connectivity index (χ4n) is 1.31. The van der Waals surface area contributed by atoms with Gasteiger partial charge in [0.1, 0.15) is 0 Å². The first-order chi connectivity index (χ1) is 5.09. The van der Waals surface area contributed by atoms with E-state index >= 15 is 0 Å². The molecule has 3 heteroatoms. The van der Waals surface area contributed by atoms with Crippen LogP contribution in [0.2, 0.25) is 0 Å². The van der Waals surface area contributed by atoms with Gasteiger partial charge in [-0.15, -0.1) is 0 Å². The minimum Gasteiger partial charge on any atom is -0.330 e. The van der Waals surface area contributed by atoms with E-state index in [2.05, 4.69) is 40.2 Å². The summed E-state index contributed by atoms with van der Waals surface area (Å²) in [6, 6.07) is 0. The Labute approximate surface area is 75.1 Å². The maximum absolute atomic E-state index is 7.83. The summed E-state index contributed by atoms with van der Waals surface area (Å²) in [6.45, 7) is 9.76. The molecule has 11 heavy (non-hydrogen) atoms. The van der Waals surface area contributed by atoms with E-state index < -0.39 is 0 Å². The Bertz CT molecular complexity index is 78.2. The summed E-state index contributed by atoms with van der Waals surface area (Å²) in [5.74, 6) is 2.16. The highest BCUT2D eigenvalue weighted by molar-refractivity contribution is 7.44. The zero-order valence-corrected chi connectivity index (χ0v) is 8.65. The molecule has 0 aromatic carbocycles. The van der Waals surface area contributed by atoms with Crippen LogP contribution in [-0.4, -0.2) is 10.8 Å². The van der Waals surface area contributed by atoms with Gasteiger partial charge < -0.3 is 5.73 Å². The standard InChI is InChI=1S/C8H19N.OS/c1-6(2)8(5-9)7(3)4;1-2/h6-8H,5,9H2,1-4H3;. The van der Waals surface area contributed by atoms with Gasteiger partial charge in [-0.3, -0.25) is 0 Å². The topological polar surface area (TPSA) is 43.1 Å². The molecule has 0 rings (SSSR count). The van der Waals surface area contributed by atoms with E-state index in [1.807, 2.05) is 0 Å². The first-order valence-corrected chi connectivity index (χ1v) is 4.29. The Morgan fingerprint density at radius 2 is 1.36 bits per heavy atom. The van der Waals surface area contributed by atoms with Crippen LogP contribution in [0.1, 0.15) is 27.7 Å². The highest BCUT2D eigenvalue weighted by Gasteiger charge is 2.14. The minimum absolute atomic E-state index is 0.699. The summed E-state index contributed by atoms with van der Waals surface area (Å²) in [5, 5.41) is 0. The van der Waals surface area contributed by atoms with Crippen LogP contribution < -0.4 is 5.73 Å². The van der Waals surface area contributed by atoms with Gasteiger partial charge in [0.05, 0.1) is 0 Å². The summed E-state index contributed by atoms with van der Waals surface area (Å²) in [5.41, 5.74) is 5.57. The third-order valence-electron chi connectivity index (χ3n) is 1.98. The highest BCUT2D eigenvalue weighted by atomic mass is 32.1. The van der Waals surface area contributed by atoms with Crippen molar-refractivity contribution >= 4 is 12.5 Å². The van der Waals surface area contributed by atoms with E-state index in [4.69, 9.17) is 9.94 Å². The van der Waals surface area contributed by atoms with Gasteiger partial charge in [0.2, 0.25) is 0 Å². The predicted octanol–water partition coefficient (Wildman–Crippen LogP) is 1.54. The van der Waals surface area contributed by atoms with Crippen LogP contribution in [0.5, 0.6) is 0 Å². The molecule has 0 aromatic heterocycles. The summed E-state index contributed by atoms with van der Waals surface area (Å²) in [6.07, 6.45) is 0. The van der Waals surface area contributed by atoms with Crippen LogP contribution in [-0.2, 0) is 12.5 Å². The van der Waals surface area contributed by atoms with Crippen molar-refractivity contribution in [3.05, 3.63) is 0 Å². The summed E-state index contributed by atoms with van der Waals surface area (Å²) < 4.78 is 7.83. The lowest BCUT2D eigenvalue weighted by atomic mass is 9.86. The molecule has 0 radical (unpaired) electrons. The van der Waals surface area contributed by atoms with Crippen LogP contribution in [0.25, 0.3) is 0 Å². The van der Waals surface area contributed by atoms with Crippen molar-refractivity contribution in [2.24, 2.45) is 23.5 Å². The highest BCUT2D eigenvalue weighted by Crippen LogP contribution is 2.18. The lowest BCUT2D eigenvalue weighted by molar-refractivity contribution is 0.297. The molecule has 0 bridgehead atoms. The van der Waals surface area contributed by atoms with Crippen molar-refractivity contribution in [2.45, 2.75) is 27.7 Å². The Kier molecular flexibility index (Phi) is 9.96. The Hall–Kier alpha value is -0.0200. The van der Waals surface area contributed by atoms with Crippen LogP contribution in [0, 0.1) is 17.8 Å². The average Bonchev–Trinajstić information content (AvgIpc) is 1.91. The molecule has 0 aliphatic carbocycles. The number of rotatable bonds is 3. The second-order valence-electron chi connectivity index (χ2n) is 3.39. The second kappa shape index (κ2) is 8.08. The molecule has 0 atom stereocenters. The van der Waals surface area contributed by atoms with Gasteiger partial charge in [0, 0.05) is 0 Å². The van der Waals surface area contributed by atoms with Crippen molar-refractivity contribution in [1.29, 1.82) is 0 Å². The molecule has 2 N–H and O–H groups in total. The van der Waals surface area contributed by atoms with E-state index in [0.717, 1.165) is 18.4 Å². The Balaban J connectivity index is 0. The largest absolute Gasteiger partial charge is 0.330 e. The molecule has 0 unspecified atom stereocenters. The molecular formula is C8H19NOS. The molecule has 2 nitrogen and oxygen atoms in total. The Morgan fingerprint density at radius 3 is 1.36 bits per heavy atom. The molecule has 68 valence electrons. The molecule has 0 saturated heterocycles. The van der Waals surface area contributed by atoms with Gasteiger partial charge in [0.15, 0.2) is 12.5 Å². The molecular weight excluding hydrogens is 158 g/mol. The molecule has 0 fully saturated rings. The van der Waals surface area contributed by atoms with E-state index in [-0.39, 0.29) is 0 Å². The van der Waals surface area contributed by atoms with Crippen LogP contribution in [0.4, 0.5) is 0 Å². The molecule has 0 aliphatic heterocycles. The van der Waals surface area contributed by atoms with E-state index in [0.29, 0.717) is 5.92 Å². The maximum atomic E-state index is 7.83. The van der Waals surface area contributed by atoms with Crippen molar-refractivity contribution in [3.8, 4) is 0 Å². The zero-order chi connectivity index (χ0) is 9.44. The number of nitrogens with two attached hydrogens (primary N) is 1. The van der Waals surface area contributed by atoms with Crippen LogP contribution in [0.3, 0.4) is 0 Å². The summed E-state index contributed by atoms with van der Waals surface area (Å²) in [7, 11) is 0. The number of hydrogen-bond donors (Lipinski definition) is 1. The lowest BCUT2D eigenvalue weighted by Gasteiger charge is -2.22. The zero-order valence-electron chi connectivity index (χ0n) is 7.83. The van der Waals surface area contributed by atoms with Crippen molar-refractivity contribution in [3.63, 3.8) is 0 Å². The fourth-order valence-corrected chi connectivity index (χ4v) is 1.31. The number of hydrogen-bond acceptors (Lipinski definition) is 3. The molecule has 0 heterocycles. The fraction of sp³-hybridized carbons (Fsp3) is 1.00. The van der Waals surface area contributed by atoms with Crippen molar-refractivity contribution in [1.82, 2.24) is 0 Å². The van der Waals surface area contributed by atoms with E-state index in [9.17, 15) is 0 Å². The third-order valence-corrected chi connectivity index (χ3v) is 1.98. The van der Waals surface area contributed by atoms with Gasteiger partial charge in [-0.05, 0) is 24.3 Å². The van der Waals surface area contributed by atoms with Gasteiger partial charge in [0.25, 0.3) is 0 Å². The van der Waals surface area contributed by atoms with Gasteiger partial charge in [-0.25, -0.2) is 0 Å². The van der Waals surface area contributed by atoms with E-state index in [1.165, 1.54) is 0 Å². The monoisotopic (exact) mass is 177 g/mol. The quantitative estimate of drug-likeness (QED) is 0.711. The molecule has 0 spiro atoms. The summed E-state index contributed by atoms with van der Waals surface area (Å²) in [4.78, 5) is 0. The van der Waals surface area contributed by atoms with E-state index in [1.54, 1.807) is 0 Å². The van der Waals surface area contributed by atoms with Gasteiger partial charge in [-0.2, -0.15) is 4.21 Å². The first-order valence-electron chi connectivity index (χ1n) is 3.96. The summed E-state index contributed by atoms with van der Waals surface area (Å²) >= 11 is 2.83. The third kappa shape index (κ3) is 6.38. The lowest BCUT2D eigenvalue weighted by Crippen LogP contribution is -2.24. The predicted molar refractivity (Wildman–Crippen MR) is 50.4 cm³/mol. The molecule has 0 aliphatic rings. The maximum Gasteiger partial charge on any atom is 0.197 e. The first kappa shape index (κ1) is 13.6. The van der Waals surface area contributed by atoms with Crippen LogP contribution in [0.15, 0.2) is 0 Å².